The van der Waals surface area contributed by atoms with Crippen molar-refractivity contribution in [1.29, 1.82) is 5.26 Å². The molecule has 1 heterocycles. The van der Waals surface area contributed by atoms with Crippen LogP contribution in [0.25, 0.3) is 0 Å². The van der Waals surface area contributed by atoms with Crippen molar-refractivity contribution >= 4 is 6.29 Å². The molecule has 0 bridgehead atoms. The minimum absolute atomic E-state index is 0. The molecule has 0 aromatic rings. The summed E-state index contributed by atoms with van der Waals surface area (Å²) in [6.45, 7) is 2.14. The third kappa shape index (κ3) is 5.08. The van der Waals surface area contributed by atoms with E-state index in [1.165, 1.54) is 0 Å². The Morgan fingerprint density at radius 1 is 1.46 bits per heavy atom. The van der Waals surface area contributed by atoms with Gasteiger partial charge in [0, 0.05) is 5.92 Å². The third-order valence-corrected chi connectivity index (χ3v) is 2.06. The molecule has 0 atom stereocenters. The van der Waals surface area contributed by atoms with E-state index >= 15 is 0 Å². The van der Waals surface area contributed by atoms with Crippen molar-refractivity contribution < 1.29 is 29.1 Å². The summed E-state index contributed by atoms with van der Waals surface area (Å²) in [4.78, 5) is 12.0. The Labute approximate surface area is 90.4 Å². The number of hydrogen-bond acceptors (Lipinski definition) is 3. The summed E-state index contributed by atoms with van der Waals surface area (Å²) in [6.07, 6.45) is 3.67. The van der Waals surface area contributed by atoms with E-state index in [-0.39, 0.29) is 30.3 Å². The summed E-state index contributed by atoms with van der Waals surface area (Å²) in [5.74, 6) is 0.206. The van der Waals surface area contributed by atoms with Gasteiger partial charge in [0.05, 0.1) is 6.07 Å². The second-order valence-corrected chi connectivity index (χ2v) is 2.82. The molecule has 1 aliphatic rings. The summed E-state index contributed by atoms with van der Waals surface area (Å²) in [7, 11) is 0. The number of nitrogens with zero attached hydrogens (tertiary/aromatic N) is 2. The maximum Gasteiger partial charge on any atom is 1.00 e. The summed E-state index contributed by atoms with van der Waals surface area (Å²) in [5, 5.41) is 8.56. The molecule has 0 saturated carbocycles. The average molecular weight is 174 g/mol. The molecule has 0 aliphatic carbocycles. The van der Waals surface area contributed by atoms with Gasteiger partial charge in [0.25, 0.3) is 0 Å². The molecule has 68 valence electrons. The first-order valence-electron chi connectivity index (χ1n) is 3.84. The van der Waals surface area contributed by atoms with Crippen LogP contribution in [0.2, 0.25) is 0 Å². The molecule has 0 aromatic carbocycles. The quantitative estimate of drug-likeness (QED) is 0.335. The number of nitriles is 1. The van der Waals surface area contributed by atoms with Crippen LogP contribution in [-0.2, 0) is 10.3 Å². The fourth-order valence-corrected chi connectivity index (χ4v) is 1.31. The van der Waals surface area contributed by atoms with Gasteiger partial charge in [-0.2, -0.15) is 5.26 Å². The molecule has 5 heteroatoms. The first-order chi connectivity index (χ1) is 5.36. The number of hydrogen-bond donors (Lipinski definition) is 0. The van der Waals surface area contributed by atoms with Crippen molar-refractivity contribution in [3.05, 3.63) is 0 Å². The van der Waals surface area contributed by atoms with Gasteiger partial charge in [0.15, 0.2) is 0 Å². The minimum atomic E-state index is 0. The second kappa shape index (κ2) is 8.28. The van der Waals surface area contributed by atoms with Crippen molar-refractivity contribution in [2.24, 2.45) is 5.92 Å². The Balaban J connectivity index is 0. The normalized spacial score (nSPS) is 17.8. The van der Waals surface area contributed by atoms with Crippen molar-refractivity contribution in [3.8, 4) is 6.07 Å². The molecular formula is C8H11LiN2O2-2. The van der Waals surface area contributed by atoms with E-state index in [0.717, 1.165) is 25.9 Å². The maximum absolute atomic E-state index is 9.99. The zero-order valence-electron chi connectivity index (χ0n) is 7.82. The molecule has 0 amide bonds. The summed E-state index contributed by atoms with van der Waals surface area (Å²) in [6, 6.07) is 2.24. The summed E-state index contributed by atoms with van der Waals surface area (Å²) < 4.78 is 0. The van der Waals surface area contributed by atoms with Crippen LogP contribution in [0.4, 0.5) is 0 Å². The van der Waals surface area contributed by atoms with E-state index in [2.05, 4.69) is 6.07 Å². The smallest absolute Gasteiger partial charge is 1.00 e. The van der Waals surface area contributed by atoms with Crippen LogP contribution < -0.4 is 18.9 Å². The summed E-state index contributed by atoms with van der Waals surface area (Å²) in [5.41, 5.74) is 0. The van der Waals surface area contributed by atoms with Gasteiger partial charge in [-0.25, -0.2) is 6.29 Å². The van der Waals surface area contributed by atoms with Gasteiger partial charge in [-0.3, -0.25) is 0 Å². The van der Waals surface area contributed by atoms with Crippen LogP contribution in [0.5, 0.6) is 0 Å². The van der Waals surface area contributed by atoms with Gasteiger partial charge in [-0.1, -0.05) is 6.54 Å². The average Bonchev–Trinajstić information content (AvgIpc) is 2.07. The van der Waals surface area contributed by atoms with Crippen molar-refractivity contribution in [3.63, 3.8) is 0 Å². The minimum Gasteiger partial charge on any atom is -2.00 e. The largest absolute Gasteiger partial charge is 2.00 e. The topological polar surface area (TPSA) is 72.6 Å². The predicted octanol–water partition coefficient (Wildman–Crippen LogP) is -2.78. The molecule has 1 saturated heterocycles. The molecule has 1 aliphatic heterocycles. The van der Waals surface area contributed by atoms with Crippen LogP contribution in [0.15, 0.2) is 0 Å². The first-order valence-corrected chi connectivity index (χ1v) is 3.84. The molecule has 4 nitrogen and oxygen atoms in total. The molecule has 1 fully saturated rings. The van der Waals surface area contributed by atoms with Crippen molar-refractivity contribution in [2.45, 2.75) is 12.8 Å². The van der Waals surface area contributed by atoms with Gasteiger partial charge >= 0.3 is 18.9 Å². The maximum atomic E-state index is 9.99. The zero-order valence-corrected chi connectivity index (χ0v) is 7.82. The van der Waals surface area contributed by atoms with Gasteiger partial charge in [0.2, 0.25) is 0 Å². The Morgan fingerprint density at radius 3 is 2.38 bits per heavy atom. The fraction of sp³-hybridized carbons (Fsp3) is 0.750. The number of piperidine rings is 1. The summed E-state index contributed by atoms with van der Waals surface area (Å²) >= 11 is 0. The Hall–Kier alpha value is -0.323. The SMILES string of the molecule is N#CC1CCN(C[C-]=O)CC1.[Li+].[O-2]. The third-order valence-electron chi connectivity index (χ3n) is 2.06. The van der Waals surface area contributed by atoms with Crippen LogP contribution in [0, 0.1) is 17.2 Å². The number of likely N-dealkylation sites (tertiary alicyclic amines) is 1. The van der Waals surface area contributed by atoms with Crippen molar-refractivity contribution in [1.82, 2.24) is 4.90 Å². The van der Waals surface area contributed by atoms with E-state index in [1.807, 2.05) is 11.2 Å². The zero-order chi connectivity index (χ0) is 8.10. The Kier molecular flexibility index (Phi) is 9.66. The van der Waals surface area contributed by atoms with Gasteiger partial charge in [-0.05, 0) is 25.9 Å². The van der Waals surface area contributed by atoms with Crippen LogP contribution in [-0.4, -0.2) is 30.8 Å². The molecule has 0 aromatic heterocycles. The van der Waals surface area contributed by atoms with Gasteiger partial charge in [-0.15, -0.1) is 0 Å². The van der Waals surface area contributed by atoms with Crippen molar-refractivity contribution in [2.75, 3.05) is 19.6 Å². The van der Waals surface area contributed by atoms with E-state index in [9.17, 15) is 4.79 Å². The Morgan fingerprint density at radius 2 is 2.00 bits per heavy atom. The molecule has 1 rings (SSSR count). The fourth-order valence-electron chi connectivity index (χ4n) is 1.31. The number of rotatable bonds is 2. The Bertz CT molecular complexity index is 173. The molecule has 0 spiro atoms. The molecule has 0 radical (unpaired) electrons. The van der Waals surface area contributed by atoms with E-state index < -0.39 is 0 Å². The second-order valence-electron chi connectivity index (χ2n) is 2.82. The molecule has 13 heavy (non-hydrogen) atoms. The predicted molar refractivity (Wildman–Crippen MR) is 41.2 cm³/mol. The molecule has 0 N–H and O–H groups in total. The van der Waals surface area contributed by atoms with Gasteiger partial charge in [0.1, 0.15) is 0 Å². The van der Waals surface area contributed by atoms with Crippen LogP contribution in [0.3, 0.4) is 0 Å². The van der Waals surface area contributed by atoms with E-state index in [1.54, 1.807) is 0 Å². The monoisotopic (exact) mass is 174 g/mol. The first kappa shape index (κ1) is 15.2. The van der Waals surface area contributed by atoms with Gasteiger partial charge < -0.3 is 15.2 Å². The standard InChI is InChI=1S/C8H11N2O.Li.O/c9-7-8-1-3-10(4-2-8)5-6-11;;/h8H,1-5H2;;/q-1;+1;-2. The molecule has 0 unspecified atom stereocenters. The van der Waals surface area contributed by atoms with Crippen LogP contribution in [0.1, 0.15) is 12.8 Å². The van der Waals surface area contributed by atoms with E-state index in [0.29, 0.717) is 6.54 Å². The van der Waals surface area contributed by atoms with Crippen LogP contribution >= 0.6 is 0 Å². The molecular weight excluding hydrogens is 163 g/mol. The van der Waals surface area contributed by atoms with E-state index in [4.69, 9.17) is 5.26 Å². The number of carbonyl (C=O) groups excluding carboxylic acids is 1.